The Morgan fingerprint density at radius 3 is 2.55 bits per heavy atom. The van der Waals surface area contributed by atoms with E-state index in [2.05, 4.69) is 18.8 Å². The minimum atomic E-state index is -1.04. The summed E-state index contributed by atoms with van der Waals surface area (Å²) in [5.41, 5.74) is 8.39. The van der Waals surface area contributed by atoms with Crippen LogP contribution in [0.3, 0.4) is 0 Å². The highest BCUT2D eigenvalue weighted by molar-refractivity contribution is 5.94. The zero-order valence-electron chi connectivity index (χ0n) is 11.7. The van der Waals surface area contributed by atoms with Crippen LogP contribution in [0, 0.1) is 0 Å². The highest BCUT2D eigenvalue weighted by Gasteiger charge is 2.15. The minimum Gasteiger partial charge on any atom is -0.496 e. The number of ether oxygens (including phenoxy) is 1. The van der Waals surface area contributed by atoms with Gasteiger partial charge in [0.2, 0.25) is 0 Å². The van der Waals surface area contributed by atoms with Gasteiger partial charge < -0.3 is 20.6 Å². The summed E-state index contributed by atoms with van der Waals surface area (Å²) in [6, 6.07) is 7.29. The smallest absolute Gasteiger partial charge is 0.339 e. The number of carboxylic acid groups (broad SMARTS) is 1. The third-order valence-corrected chi connectivity index (χ3v) is 3.24. The van der Waals surface area contributed by atoms with Gasteiger partial charge in [0.15, 0.2) is 0 Å². The van der Waals surface area contributed by atoms with Crippen molar-refractivity contribution >= 4 is 11.8 Å². The predicted octanol–water partition coefficient (Wildman–Crippen LogP) is 3.09. The lowest BCUT2D eigenvalue weighted by atomic mass is 9.98. The first kappa shape index (κ1) is 14.0. The second-order valence-electron chi connectivity index (χ2n) is 4.93. The number of carbonyl (C=O) groups is 1. The quantitative estimate of drug-likeness (QED) is 0.799. The summed E-state index contributed by atoms with van der Waals surface area (Å²) in [7, 11) is 1.63. The molecule has 0 fully saturated rings. The highest BCUT2D eigenvalue weighted by Crippen LogP contribution is 2.32. The lowest BCUT2D eigenvalue weighted by Crippen LogP contribution is -1.98. The highest BCUT2D eigenvalue weighted by atomic mass is 16.5. The van der Waals surface area contributed by atoms with E-state index in [1.807, 2.05) is 18.2 Å². The normalized spacial score (nSPS) is 10.8. The van der Waals surface area contributed by atoms with Crippen molar-refractivity contribution in [2.45, 2.75) is 19.8 Å². The van der Waals surface area contributed by atoms with Crippen LogP contribution in [0.2, 0.25) is 0 Å². The molecule has 0 aliphatic heterocycles. The number of carboxylic acids is 1. The number of nitrogen functional groups attached to an aromatic ring is 1. The first-order chi connectivity index (χ1) is 9.43. The van der Waals surface area contributed by atoms with Gasteiger partial charge in [0, 0.05) is 5.69 Å². The summed E-state index contributed by atoms with van der Waals surface area (Å²) in [6.45, 7) is 4.15. The van der Waals surface area contributed by atoms with E-state index in [4.69, 9.17) is 15.6 Å². The van der Waals surface area contributed by atoms with Gasteiger partial charge in [-0.05, 0) is 41.3 Å². The van der Waals surface area contributed by atoms with Gasteiger partial charge >= 0.3 is 5.97 Å². The molecule has 0 radical (unpaired) electrons. The largest absolute Gasteiger partial charge is 0.496 e. The third-order valence-electron chi connectivity index (χ3n) is 3.24. The summed E-state index contributed by atoms with van der Waals surface area (Å²) in [5, 5.41) is 9.03. The van der Waals surface area contributed by atoms with Gasteiger partial charge in [-0.2, -0.15) is 0 Å². The number of aromatic nitrogens is 1. The van der Waals surface area contributed by atoms with Crippen LogP contribution < -0.4 is 10.5 Å². The standard InChI is InChI=1S/C15H18N2O3/c1-8(2)10-6-9(4-5-13(10)20-3)12-7-11(15(18)19)14(16)17-12/h4-8,17H,16H2,1-3H3,(H,18,19). The van der Waals surface area contributed by atoms with Gasteiger partial charge in [0.1, 0.15) is 17.1 Å². The Hall–Kier alpha value is -2.43. The topological polar surface area (TPSA) is 88.3 Å². The molecule has 1 aromatic heterocycles. The molecule has 106 valence electrons. The number of aromatic carboxylic acids is 1. The Morgan fingerprint density at radius 2 is 2.05 bits per heavy atom. The van der Waals surface area contributed by atoms with Crippen molar-refractivity contribution in [2.24, 2.45) is 0 Å². The zero-order chi connectivity index (χ0) is 14.9. The molecule has 5 nitrogen and oxygen atoms in total. The average Bonchev–Trinajstić information content (AvgIpc) is 2.80. The molecule has 0 saturated heterocycles. The predicted molar refractivity (Wildman–Crippen MR) is 78.2 cm³/mol. The van der Waals surface area contributed by atoms with Crippen molar-refractivity contribution < 1.29 is 14.6 Å². The molecule has 0 spiro atoms. The molecule has 4 N–H and O–H groups in total. The molecule has 1 heterocycles. The van der Waals surface area contributed by atoms with Crippen LogP contribution in [-0.2, 0) is 0 Å². The van der Waals surface area contributed by atoms with E-state index in [1.165, 1.54) is 0 Å². The van der Waals surface area contributed by atoms with Crippen molar-refractivity contribution in [1.82, 2.24) is 4.98 Å². The number of H-pyrrole nitrogens is 1. The summed E-state index contributed by atoms with van der Waals surface area (Å²) < 4.78 is 5.34. The van der Waals surface area contributed by atoms with Crippen LogP contribution >= 0.6 is 0 Å². The monoisotopic (exact) mass is 274 g/mol. The van der Waals surface area contributed by atoms with E-state index in [0.29, 0.717) is 11.6 Å². The van der Waals surface area contributed by atoms with Gasteiger partial charge in [-0.1, -0.05) is 13.8 Å². The minimum absolute atomic E-state index is 0.0851. The van der Waals surface area contributed by atoms with E-state index < -0.39 is 5.97 Å². The third kappa shape index (κ3) is 2.47. The summed E-state index contributed by atoms with van der Waals surface area (Å²) in [4.78, 5) is 13.9. The number of aromatic amines is 1. The number of benzene rings is 1. The first-order valence-corrected chi connectivity index (χ1v) is 6.34. The fourth-order valence-electron chi connectivity index (χ4n) is 2.16. The Bertz CT molecular complexity index is 645. The second-order valence-corrected chi connectivity index (χ2v) is 4.93. The number of nitrogens with one attached hydrogen (secondary N) is 1. The Morgan fingerprint density at radius 1 is 1.35 bits per heavy atom. The van der Waals surface area contributed by atoms with E-state index in [9.17, 15) is 4.79 Å². The van der Waals surface area contributed by atoms with Crippen LogP contribution in [-0.4, -0.2) is 23.2 Å². The molecule has 2 rings (SSSR count). The summed E-state index contributed by atoms with van der Waals surface area (Å²) >= 11 is 0. The van der Waals surface area contributed by atoms with Crippen LogP contribution in [0.15, 0.2) is 24.3 Å². The first-order valence-electron chi connectivity index (χ1n) is 6.34. The number of hydrogen-bond donors (Lipinski definition) is 3. The maximum Gasteiger partial charge on any atom is 0.339 e. The van der Waals surface area contributed by atoms with Gasteiger partial charge in [-0.15, -0.1) is 0 Å². The van der Waals surface area contributed by atoms with Gasteiger partial charge in [-0.25, -0.2) is 4.79 Å². The lowest BCUT2D eigenvalue weighted by molar-refractivity contribution is 0.0698. The summed E-state index contributed by atoms with van der Waals surface area (Å²) in [5.74, 6) is 0.245. The average molecular weight is 274 g/mol. The van der Waals surface area contributed by atoms with Crippen molar-refractivity contribution in [3.8, 4) is 17.0 Å². The SMILES string of the molecule is COc1ccc(-c2cc(C(=O)O)c(N)[nH]2)cc1C(C)C. The molecule has 20 heavy (non-hydrogen) atoms. The van der Waals surface area contributed by atoms with Gasteiger partial charge in [-0.3, -0.25) is 0 Å². The van der Waals surface area contributed by atoms with Crippen LogP contribution in [0.25, 0.3) is 11.3 Å². The maximum absolute atomic E-state index is 11.0. The zero-order valence-corrected chi connectivity index (χ0v) is 11.7. The molecule has 1 aromatic carbocycles. The molecule has 5 heteroatoms. The molecular formula is C15H18N2O3. The van der Waals surface area contributed by atoms with Crippen molar-refractivity contribution in [2.75, 3.05) is 12.8 Å². The molecule has 0 saturated carbocycles. The van der Waals surface area contributed by atoms with E-state index in [0.717, 1.165) is 16.9 Å². The summed E-state index contributed by atoms with van der Waals surface area (Å²) in [6.07, 6.45) is 0. The molecule has 0 bridgehead atoms. The van der Waals surface area contributed by atoms with E-state index >= 15 is 0 Å². The number of anilines is 1. The molecule has 0 aliphatic carbocycles. The van der Waals surface area contributed by atoms with Crippen molar-refractivity contribution in [3.05, 3.63) is 35.4 Å². The molecule has 2 aromatic rings. The van der Waals surface area contributed by atoms with E-state index in [-0.39, 0.29) is 11.4 Å². The van der Waals surface area contributed by atoms with Gasteiger partial charge in [0.25, 0.3) is 0 Å². The second kappa shape index (κ2) is 5.28. The maximum atomic E-state index is 11.0. The number of methoxy groups -OCH3 is 1. The number of rotatable bonds is 4. The van der Waals surface area contributed by atoms with Crippen molar-refractivity contribution in [3.63, 3.8) is 0 Å². The Labute approximate surface area is 117 Å². The van der Waals surface area contributed by atoms with E-state index in [1.54, 1.807) is 13.2 Å². The number of nitrogens with two attached hydrogens (primary N) is 1. The molecule has 0 amide bonds. The molecular weight excluding hydrogens is 256 g/mol. The molecule has 0 aliphatic rings. The molecule has 0 unspecified atom stereocenters. The fraction of sp³-hybridized carbons (Fsp3) is 0.267. The molecule has 0 atom stereocenters. The Balaban J connectivity index is 2.50. The fourth-order valence-corrected chi connectivity index (χ4v) is 2.16. The number of hydrogen-bond acceptors (Lipinski definition) is 3. The van der Waals surface area contributed by atoms with Crippen molar-refractivity contribution in [1.29, 1.82) is 0 Å². The van der Waals surface area contributed by atoms with Gasteiger partial charge in [0.05, 0.1) is 7.11 Å². The lowest BCUT2D eigenvalue weighted by Gasteiger charge is -2.13. The van der Waals surface area contributed by atoms with Crippen LogP contribution in [0.1, 0.15) is 35.7 Å². The van der Waals surface area contributed by atoms with Crippen LogP contribution in [0.5, 0.6) is 5.75 Å². The van der Waals surface area contributed by atoms with Crippen LogP contribution in [0.4, 0.5) is 5.82 Å². The Kier molecular flexibility index (Phi) is 3.70.